The zero-order chi connectivity index (χ0) is 16.3. The first-order chi connectivity index (χ1) is 10.5. The summed E-state index contributed by atoms with van der Waals surface area (Å²) in [5.74, 6) is -0.648. The molecular formula is C16H21N3O2S. The van der Waals surface area contributed by atoms with E-state index in [2.05, 4.69) is 10.3 Å². The van der Waals surface area contributed by atoms with E-state index < -0.39 is 5.92 Å². The summed E-state index contributed by atoms with van der Waals surface area (Å²) in [6, 6.07) is 0.107. The van der Waals surface area contributed by atoms with E-state index in [1.807, 2.05) is 20.8 Å². The van der Waals surface area contributed by atoms with E-state index in [0.717, 1.165) is 12.8 Å². The lowest BCUT2D eigenvalue weighted by molar-refractivity contribution is -0.128. The van der Waals surface area contributed by atoms with Crippen LogP contribution in [0.15, 0.2) is 28.8 Å². The van der Waals surface area contributed by atoms with Crippen molar-refractivity contribution < 1.29 is 9.59 Å². The fraction of sp³-hybridized carbons (Fsp3) is 0.500. The van der Waals surface area contributed by atoms with Crippen molar-refractivity contribution >= 4 is 34.9 Å². The van der Waals surface area contributed by atoms with Crippen molar-refractivity contribution in [1.82, 2.24) is 10.2 Å². The van der Waals surface area contributed by atoms with Gasteiger partial charge in [0, 0.05) is 18.2 Å². The van der Waals surface area contributed by atoms with Gasteiger partial charge in [-0.25, -0.2) is 4.99 Å². The van der Waals surface area contributed by atoms with Crippen molar-refractivity contribution in [3.63, 3.8) is 0 Å². The summed E-state index contributed by atoms with van der Waals surface area (Å²) in [5.41, 5.74) is 1.06. The summed E-state index contributed by atoms with van der Waals surface area (Å²) in [6.45, 7) is 6.52. The molecule has 0 spiro atoms. The number of allylic oxidation sites excluding steroid dienone is 1. The third-order valence-corrected chi connectivity index (χ3v) is 4.09. The normalized spacial score (nSPS) is 22.0. The van der Waals surface area contributed by atoms with Gasteiger partial charge in [-0.2, -0.15) is 0 Å². The molecule has 2 atom stereocenters. The van der Waals surface area contributed by atoms with Crippen LogP contribution >= 0.6 is 12.2 Å². The molecule has 2 unspecified atom stereocenters. The van der Waals surface area contributed by atoms with Crippen molar-refractivity contribution in [3.05, 3.63) is 23.8 Å². The Hall–Kier alpha value is -1.82. The molecule has 0 bridgehead atoms. The topological polar surface area (TPSA) is 61.8 Å². The van der Waals surface area contributed by atoms with E-state index >= 15 is 0 Å². The quantitative estimate of drug-likeness (QED) is 0.788. The molecule has 1 heterocycles. The molecule has 2 amide bonds. The Balaban J connectivity index is 2.21. The van der Waals surface area contributed by atoms with Gasteiger partial charge in [-0.3, -0.25) is 14.5 Å². The van der Waals surface area contributed by atoms with Crippen LogP contribution in [0.25, 0.3) is 0 Å². The molecule has 2 rings (SSSR count). The number of carbonyl (C=O) groups is 2. The van der Waals surface area contributed by atoms with Crippen molar-refractivity contribution in [2.24, 2.45) is 10.9 Å². The van der Waals surface area contributed by atoms with E-state index in [0.29, 0.717) is 17.8 Å². The van der Waals surface area contributed by atoms with E-state index in [1.54, 1.807) is 18.2 Å². The minimum absolute atomic E-state index is 0.0641. The van der Waals surface area contributed by atoms with Gasteiger partial charge in [0.1, 0.15) is 0 Å². The minimum Gasteiger partial charge on any atom is -0.350 e. The van der Waals surface area contributed by atoms with E-state index in [1.165, 1.54) is 4.90 Å². The Kier molecular flexibility index (Phi) is 5.24. The number of amides is 2. The monoisotopic (exact) mass is 319 g/mol. The number of fused-ring (bicyclic) bond motifs is 1. The Morgan fingerprint density at radius 2 is 2.23 bits per heavy atom. The largest absolute Gasteiger partial charge is 0.350 e. The highest BCUT2D eigenvalue weighted by molar-refractivity contribution is 7.80. The van der Waals surface area contributed by atoms with Crippen LogP contribution in [0.1, 0.15) is 33.6 Å². The molecule has 0 saturated heterocycles. The summed E-state index contributed by atoms with van der Waals surface area (Å²) in [7, 11) is 0. The molecule has 1 aliphatic carbocycles. The number of hydrogen-bond donors (Lipinski definition) is 1. The third kappa shape index (κ3) is 3.32. The number of nitrogens with zero attached hydrogens (tertiary/aromatic N) is 2. The van der Waals surface area contributed by atoms with Gasteiger partial charge in [0.05, 0.1) is 11.6 Å². The Morgan fingerprint density at radius 1 is 1.50 bits per heavy atom. The number of aliphatic imine (C=N–C) groups is 1. The number of nitrogens with one attached hydrogen (secondary N) is 1. The Labute approximate surface area is 136 Å². The molecule has 118 valence electrons. The molecule has 0 saturated carbocycles. The van der Waals surface area contributed by atoms with Crippen LogP contribution < -0.4 is 5.32 Å². The van der Waals surface area contributed by atoms with E-state index in [9.17, 15) is 9.59 Å². The second kappa shape index (κ2) is 6.96. The zero-order valence-corrected chi connectivity index (χ0v) is 13.9. The summed E-state index contributed by atoms with van der Waals surface area (Å²) in [6.07, 6.45) is 6.78. The van der Waals surface area contributed by atoms with Crippen molar-refractivity contribution in [2.45, 2.75) is 39.7 Å². The van der Waals surface area contributed by atoms with Gasteiger partial charge in [0.15, 0.2) is 0 Å². The highest BCUT2D eigenvalue weighted by atomic mass is 32.1. The fourth-order valence-corrected chi connectivity index (χ4v) is 2.61. The zero-order valence-electron chi connectivity index (χ0n) is 13.1. The maximum Gasteiger partial charge on any atom is 0.251 e. The van der Waals surface area contributed by atoms with Gasteiger partial charge >= 0.3 is 0 Å². The van der Waals surface area contributed by atoms with Crippen molar-refractivity contribution in [3.8, 4) is 0 Å². The van der Waals surface area contributed by atoms with Gasteiger partial charge in [-0.05, 0) is 38.1 Å². The predicted molar refractivity (Wildman–Crippen MR) is 90.6 cm³/mol. The van der Waals surface area contributed by atoms with E-state index in [-0.39, 0.29) is 23.0 Å². The Morgan fingerprint density at radius 3 is 2.86 bits per heavy atom. The molecule has 0 aromatic heterocycles. The maximum atomic E-state index is 12.4. The van der Waals surface area contributed by atoms with Gasteiger partial charge in [-0.15, -0.1) is 0 Å². The van der Waals surface area contributed by atoms with Gasteiger partial charge in [-0.1, -0.05) is 26.0 Å². The van der Waals surface area contributed by atoms with Gasteiger partial charge < -0.3 is 5.32 Å². The smallest absolute Gasteiger partial charge is 0.251 e. The van der Waals surface area contributed by atoms with Crippen molar-refractivity contribution in [1.29, 1.82) is 0 Å². The molecule has 6 heteroatoms. The van der Waals surface area contributed by atoms with Crippen LogP contribution in [0.3, 0.4) is 0 Å². The SMILES string of the molecule is CCCN1C(=O)C2C=CC(C(=O)NC(C)CC)=CC2=NC1=S. The molecular weight excluding hydrogens is 298 g/mol. The standard InChI is InChI=1S/C16H21N3O2S/c1-4-8-19-15(21)12-7-6-11(9-13(12)18-16(19)22)14(20)17-10(3)5-2/h6-7,9-10,12H,4-5,8H2,1-3H3,(H,17,20). The average Bonchev–Trinajstić information content (AvgIpc) is 2.50. The molecule has 0 aromatic carbocycles. The lowest BCUT2D eigenvalue weighted by Crippen LogP contribution is -2.46. The fourth-order valence-electron chi connectivity index (χ4n) is 2.32. The lowest BCUT2D eigenvalue weighted by atomic mass is 9.91. The number of thiocarbonyl (C=S) groups is 1. The number of carbonyl (C=O) groups excluding carboxylic acids is 2. The first kappa shape index (κ1) is 16.5. The van der Waals surface area contributed by atoms with E-state index in [4.69, 9.17) is 12.2 Å². The van der Waals surface area contributed by atoms with Gasteiger partial charge in [0.2, 0.25) is 11.0 Å². The molecule has 22 heavy (non-hydrogen) atoms. The lowest BCUT2D eigenvalue weighted by Gasteiger charge is -2.30. The first-order valence-electron chi connectivity index (χ1n) is 7.62. The Bertz CT molecular complexity index is 592. The maximum absolute atomic E-state index is 12.4. The molecule has 2 aliphatic rings. The van der Waals surface area contributed by atoms with Crippen LogP contribution in [0, 0.1) is 5.92 Å². The summed E-state index contributed by atoms with van der Waals surface area (Å²) in [5, 5.41) is 3.19. The second-order valence-electron chi connectivity index (χ2n) is 5.53. The molecule has 1 N–H and O–H groups in total. The number of hydrogen-bond acceptors (Lipinski definition) is 3. The molecule has 0 aromatic rings. The number of rotatable bonds is 5. The highest BCUT2D eigenvalue weighted by Gasteiger charge is 2.34. The average molecular weight is 319 g/mol. The van der Waals surface area contributed by atoms with Crippen LogP contribution in [0.4, 0.5) is 0 Å². The summed E-state index contributed by atoms with van der Waals surface area (Å²) < 4.78 is 0. The minimum atomic E-state index is -0.432. The second-order valence-corrected chi connectivity index (χ2v) is 5.89. The summed E-state index contributed by atoms with van der Waals surface area (Å²) >= 11 is 5.19. The van der Waals surface area contributed by atoms with Crippen molar-refractivity contribution in [2.75, 3.05) is 6.54 Å². The molecule has 1 aliphatic heterocycles. The molecule has 0 fully saturated rings. The predicted octanol–water partition coefficient (Wildman–Crippen LogP) is 1.99. The summed E-state index contributed by atoms with van der Waals surface area (Å²) in [4.78, 5) is 30.5. The molecule has 0 radical (unpaired) electrons. The molecule has 5 nitrogen and oxygen atoms in total. The van der Waals surface area contributed by atoms with Crippen LogP contribution in [-0.2, 0) is 9.59 Å². The van der Waals surface area contributed by atoms with Gasteiger partial charge in [0.25, 0.3) is 5.91 Å². The third-order valence-electron chi connectivity index (χ3n) is 3.78. The van der Waals surface area contributed by atoms with Crippen LogP contribution in [-0.4, -0.2) is 40.1 Å². The highest BCUT2D eigenvalue weighted by Crippen LogP contribution is 2.22. The first-order valence-corrected chi connectivity index (χ1v) is 8.03. The van der Waals surface area contributed by atoms with Crippen LogP contribution in [0.5, 0.6) is 0 Å². The van der Waals surface area contributed by atoms with Crippen LogP contribution in [0.2, 0.25) is 0 Å².